The van der Waals surface area contributed by atoms with Crippen LogP contribution in [0.2, 0.25) is 0 Å². The van der Waals surface area contributed by atoms with E-state index < -0.39 is 11.9 Å². The number of benzene rings is 1. The van der Waals surface area contributed by atoms with Crippen molar-refractivity contribution in [3.8, 4) is 5.75 Å². The molecule has 214 valence electrons. The molecule has 0 radical (unpaired) electrons. The number of rotatable bonds is 8. The maximum Gasteiger partial charge on any atom is 0.219 e. The number of aliphatic hydroxyl groups is 1. The lowest BCUT2D eigenvalue weighted by Gasteiger charge is -2.45. The summed E-state index contributed by atoms with van der Waals surface area (Å²) in [7, 11) is 1.65. The van der Waals surface area contributed by atoms with Gasteiger partial charge in [-0.25, -0.2) is 19.3 Å². The lowest BCUT2D eigenvalue weighted by molar-refractivity contribution is -0.137. The lowest BCUT2D eigenvalue weighted by atomic mass is 9.89. The molecule has 2 aliphatic rings. The van der Waals surface area contributed by atoms with Crippen LogP contribution in [0.3, 0.4) is 0 Å². The molecule has 3 N–H and O–H groups in total. The van der Waals surface area contributed by atoms with Crippen molar-refractivity contribution in [3.63, 3.8) is 0 Å². The summed E-state index contributed by atoms with van der Waals surface area (Å²) in [6, 6.07) is 6.08. The number of aliphatic hydroxyl groups excluding tert-OH is 1. The number of hydrogen-bond donors (Lipinski definition) is 2. The molecule has 3 aromatic rings. The number of nitrogens with zero attached hydrogens (tertiary/aromatic N) is 7. The van der Waals surface area contributed by atoms with Crippen molar-refractivity contribution in [2.24, 2.45) is 4.99 Å². The van der Waals surface area contributed by atoms with Gasteiger partial charge in [0.25, 0.3) is 0 Å². The van der Waals surface area contributed by atoms with Crippen molar-refractivity contribution in [2.45, 2.75) is 64.0 Å². The molecule has 1 atom stereocenters. The Morgan fingerprint density at radius 1 is 1.23 bits per heavy atom. The minimum absolute atomic E-state index is 0.159. The number of nitrogen functional groups attached to an aromatic ring is 1. The average Bonchev–Trinajstić information content (AvgIpc) is 3.37. The molecule has 0 bridgehead atoms. The third kappa shape index (κ3) is 5.86. The molecule has 2 aliphatic heterocycles. The molecule has 4 heterocycles. The molecule has 5 rings (SSSR count). The fourth-order valence-electron chi connectivity index (χ4n) is 5.84. The predicted octanol–water partition coefficient (Wildman–Crippen LogP) is 3.72. The van der Waals surface area contributed by atoms with Crippen LogP contribution in [0.5, 0.6) is 5.75 Å². The van der Waals surface area contributed by atoms with Crippen molar-refractivity contribution in [2.75, 3.05) is 39.0 Å². The van der Waals surface area contributed by atoms with Crippen LogP contribution in [0.25, 0.3) is 11.0 Å². The van der Waals surface area contributed by atoms with Gasteiger partial charge in [-0.2, -0.15) is 0 Å². The Morgan fingerprint density at radius 3 is 2.58 bits per heavy atom. The van der Waals surface area contributed by atoms with Crippen molar-refractivity contribution >= 4 is 22.7 Å². The minimum Gasteiger partial charge on any atom is -0.497 e. The van der Waals surface area contributed by atoms with E-state index in [1.54, 1.807) is 25.7 Å². The molecule has 0 saturated carbocycles. The third-order valence-electron chi connectivity index (χ3n) is 8.13. The van der Waals surface area contributed by atoms with E-state index in [9.17, 15) is 5.11 Å². The molecule has 10 nitrogen and oxygen atoms in total. The van der Waals surface area contributed by atoms with Crippen molar-refractivity contribution in [1.82, 2.24) is 29.3 Å². The van der Waals surface area contributed by atoms with E-state index in [1.807, 2.05) is 43.0 Å². The summed E-state index contributed by atoms with van der Waals surface area (Å²) in [5.41, 5.74) is 7.58. The first-order chi connectivity index (χ1) is 19.3. The number of aliphatic imine (C=N–C) groups is 1. The van der Waals surface area contributed by atoms with Crippen LogP contribution in [0, 0.1) is 0 Å². The second kappa shape index (κ2) is 12.0. The van der Waals surface area contributed by atoms with Crippen molar-refractivity contribution < 1.29 is 14.2 Å². The average molecular weight is 551 g/mol. The number of methoxy groups -OCH3 is 1. The second-order valence-electron chi connectivity index (χ2n) is 10.8. The number of ether oxygens (including phenoxy) is 1. The first-order valence-electron chi connectivity index (χ1n) is 13.9. The number of anilines is 1. The molecule has 0 amide bonds. The van der Waals surface area contributed by atoms with E-state index in [-0.39, 0.29) is 24.8 Å². The highest BCUT2D eigenvalue weighted by Crippen LogP contribution is 2.36. The highest BCUT2D eigenvalue weighted by Gasteiger charge is 2.45. The molecule has 1 aromatic carbocycles. The van der Waals surface area contributed by atoms with Crippen LogP contribution >= 0.6 is 0 Å². The Bertz CT molecular complexity index is 1360. The third-order valence-corrected chi connectivity index (χ3v) is 8.13. The highest BCUT2D eigenvalue weighted by molar-refractivity contribution is 5.99. The van der Waals surface area contributed by atoms with Gasteiger partial charge in [-0.3, -0.25) is 14.8 Å². The molecular weight excluding hydrogens is 511 g/mol. The molecule has 11 heteroatoms. The Hall–Kier alpha value is -3.41. The molecular formula is C29H39FN8O2. The number of aromatic nitrogens is 4. The molecule has 0 aliphatic carbocycles. The van der Waals surface area contributed by atoms with Crippen LogP contribution in [0.15, 0.2) is 47.9 Å². The molecule has 2 aromatic heterocycles. The Morgan fingerprint density at radius 2 is 1.93 bits per heavy atom. The molecule has 2 saturated heterocycles. The van der Waals surface area contributed by atoms with Gasteiger partial charge >= 0.3 is 0 Å². The zero-order valence-electron chi connectivity index (χ0n) is 23.5. The number of allylic oxidation sites excluding steroid dienone is 1. The second-order valence-corrected chi connectivity index (χ2v) is 10.8. The fraction of sp³-hybridized carbons (Fsp3) is 0.517. The van der Waals surface area contributed by atoms with Crippen LogP contribution in [-0.4, -0.2) is 85.3 Å². The summed E-state index contributed by atoms with van der Waals surface area (Å²) in [6.07, 6.45) is 8.06. The number of fused-ring (bicyclic) bond motifs is 1. The van der Waals surface area contributed by atoms with Gasteiger partial charge in [0.05, 0.1) is 23.9 Å². The number of halogens is 1. The lowest BCUT2D eigenvalue weighted by Crippen LogP contribution is -2.56. The maximum atomic E-state index is 16.0. The van der Waals surface area contributed by atoms with Gasteiger partial charge in [-0.15, -0.1) is 0 Å². The molecule has 1 unspecified atom stereocenters. The smallest absolute Gasteiger partial charge is 0.219 e. The molecule has 2 fully saturated rings. The topological polar surface area (TPSA) is 118 Å². The largest absolute Gasteiger partial charge is 0.497 e. The zero-order valence-corrected chi connectivity index (χ0v) is 23.5. The Labute approximate surface area is 234 Å². The number of likely N-dealkylation sites (tertiary alicyclic amines) is 2. The fourth-order valence-corrected chi connectivity index (χ4v) is 5.84. The monoisotopic (exact) mass is 550 g/mol. The van der Waals surface area contributed by atoms with E-state index in [1.165, 1.54) is 0 Å². The minimum atomic E-state index is -1.64. The Balaban J connectivity index is 1.25. The zero-order chi connectivity index (χ0) is 28.3. The number of piperidine rings is 2. The van der Waals surface area contributed by atoms with Crippen LogP contribution in [-0.2, 0) is 6.54 Å². The standard InChI is InChI=1S/C29H39FN8O2/c1-4-11-32-20(2)26-35-24-16-23(40-3)5-6-25(24)38(26)22-7-12-37(13-8-22)27(39)29(30)9-14-36(15-10-29)19-21-17-33-28(31)34-18-21/h4-6,11,16-18,22,27,39H,7-10,12-15,19H2,1-3H3,(H2,31,33,34)/b11-4-,32-20?. The van der Waals surface area contributed by atoms with Gasteiger partial charge in [0.15, 0.2) is 11.5 Å². The van der Waals surface area contributed by atoms with E-state index >= 15 is 4.39 Å². The number of nitrogens with two attached hydrogens (primary N) is 1. The van der Waals surface area contributed by atoms with Crippen molar-refractivity contribution in [1.29, 1.82) is 0 Å². The van der Waals surface area contributed by atoms with Gasteiger partial charge < -0.3 is 20.1 Å². The quantitative estimate of drug-likeness (QED) is 0.408. The van der Waals surface area contributed by atoms with Crippen LogP contribution < -0.4 is 10.5 Å². The summed E-state index contributed by atoms with van der Waals surface area (Å²) in [5.74, 6) is 1.82. The van der Waals surface area contributed by atoms with Gasteiger partial charge in [0, 0.05) is 69.0 Å². The van der Waals surface area contributed by atoms with Gasteiger partial charge in [-0.1, -0.05) is 6.08 Å². The number of alkyl halides is 1. The first kappa shape index (κ1) is 28.1. The predicted molar refractivity (Wildman–Crippen MR) is 154 cm³/mol. The molecule has 40 heavy (non-hydrogen) atoms. The van der Waals surface area contributed by atoms with Crippen LogP contribution in [0.4, 0.5) is 10.3 Å². The summed E-state index contributed by atoms with van der Waals surface area (Å²) < 4.78 is 23.7. The normalized spacial score (nSPS) is 20.4. The van der Waals surface area contributed by atoms with Crippen molar-refractivity contribution in [3.05, 3.63) is 54.3 Å². The first-order valence-corrected chi connectivity index (χ1v) is 13.9. The summed E-state index contributed by atoms with van der Waals surface area (Å²) in [6.45, 7) is 6.87. The van der Waals surface area contributed by atoms with Gasteiger partial charge in [-0.05, 0) is 51.7 Å². The summed E-state index contributed by atoms with van der Waals surface area (Å²) >= 11 is 0. The highest BCUT2D eigenvalue weighted by atomic mass is 19.1. The van der Waals surface area contributed by atoms with E-state index in [0.717, 1.165) is 46.7 Å². The summed E-state index contributed by atoms with van der Waals surface area (Å²) in [4.78, 5) is 21.6. The maximum absolute atomic E-state index is 16.0. The van der Waals surface area contributed by atoms with Gasteiger partial charge in [0.1, 0.15) is 12.0 Å². The van der Waals surface area contributed by atoms with Gasteiger partial charge in [0.2, 0.25) is 5.95 Å². The number of hydrogen-bond acceptors (Lipinski definition) is 9. The molecule has 0 spiro atoms. The Kier molecular flexibility index (Phi) is 8.43. The summed E-state index contributed by atoms with van der Waals surface area (Å²) in [5, 5.41) is 11.2. The SMILES string of the molecule is C/C=C\N=C(C)c1nc2cc(OC)ccc2n1C1CCN(C(O)C2(F)CCN(Cc3cnc(N)nc3)CC2)CC1. The van der Waals surface area contributed by atoms with E-state index in [4.69, 9.17) is 15.5 Å². The van der Waals surface area contributed by atoms with Crippen LogP contribution in [0.1, 0.15) is 57.0 Å². The number of imidazole rings is 1. The van der Waals surface area contributed by atoms with E-state index in [2.05, 4.69) is 24.4 Å². The van der Waals surface area contributed by atoms with E-state index in [0.29, 0.717) is 32.7 Å².